The molecule has 0 nitrogen and oxygen atoms in total. The molecule has 0 fully saturated rings. The standard InChI is InChI=1S/6C17H14/c1-13-7-2-4-10-15(13)17-12-6-9-14-8-3-5-11-16(14)17;1-13-7-5-12-17-15(13)10-6-11-16(17)14-8-3-2-4-9-14;1-13-11-15-9-5-6-10-16(15)17(12-13)14-7-3-2-4-8-14;1-13-11-12-16(14-7-3-2-4-8-14)17-10-6-5-9-15(13)17;1-13-10-11-17-15(12-13)8-5-9-16(17)14-6-3-2-4-7-14;1-13-6-8-15(9-7-13)17-11-10-14-4-2-3-5-16(14)12-17/h6*2-12H,1H3. The first-order valence-electron chi connectivity index (χ1n) is 35.4. The molecule has 18 aromatic rings. The summed E-state index contributed by atoms with van der Waals surface area (Å²) in [6.07, 6.45) is 0. The molecule has 0 unspecified atom stereocenters. The van der Waals surface area contributed by atoms with Crippen molar-refractivity contribution in [1.82, 2.24) is 0 Å². The highest BCUT2D eigenvalue weighted by Crippen LogP contribution is 2.36. The van der Waals surface area contributed by atoms with Crippen LogP contribution in [0.1, 0.15) is 33.4 Å². The normalized spacial score (nSPS) is 10.6. The Hall–Kier alpha value is -12.5. The predicted octanol–water partition coefficient (Wildman–Crippen LogP) is 28.9. The third-order valence-corrected chi connectivity index (χ3v) is 19.0. The lowest BCUT2D eigenvalue weighted by Crippen LogP contribution is -1.84. The average Bonchev–Trinajstić information content (AvgIpc) is 0.833. The largest absolute Gasteiger partial charge is 0.0622 e. The second kappa shape index (κ2) is 32.9. The summed E-state index contributed by atoms with van der Waals surface area (Å²) < 4.78 is 0. The molecule has 0 heteroatoms. The fourth-order valence-electron chi connectivity index (χ4n) is 13.7. The summed E-state index contributed by atoms with van der Waals surface area (Å²) in [6, 6.07) is 142. The first-order valence-corrected chi connectivity index (χ1v) is 35.4. The topological polar surface area (TPSA) is 0 Å². The molecule has 0 amide bonds. The van der Waals surface area contributed by atoms with E-state index in [-0.39, 0.29) is 0 Å². The maximum Gasteiger partial charge on any atom is -0.0103 e. The molecule has 0 atom stereocenters. The van der Waals surface area contributed by atoms with E-state index in [0.29, 0.717) is 0 Å². The minimum atomic E-state index is 1.28. The van der Waals surface area contributed by atoms with E-state index < -0.39 is 0 Å². The number of fused-ring (bicyclic) bond motifs is 6. The second-order valence-corrected chi connectivity index (χ2v) is 26.2. The molecule has 0 aliphatic heterocycles. The monoisotopic (exact) mass is 1310 g/mol. The maximum absolute atomic E-state index is 2.26. The SMILES string of the molecule is Cc1cc(-c2ccccc2)c2ccccc2c1.Cc1ccc(-c2ccc3ccccc3c2)cc1.Cc1ccc(-c2ccccc2)c2ccccc12.Cc1ccc2c(-c3ccccc3)cccc2c1.Cc1cccc2c(-c3ccccc3)cccc12.Cc1ccccc1-c1cccc2ccccc12. The molecule has 0 radical (unpaired) electrons. The van der Waals surface area contributed by atoms with Crippen LogP contribution in [-0.2, 0) is 0 Å². The van der Waals surface area contributed by atoms with Gasteiger partial charge < -0.3 is 0 Å². The molecule has 0 aliphatic rings. The minimum Gasteiger partial charge on any atom is -0.0622 e. The van der Waals surface area contributed by atoms with Gasteiger partial charge in [0.1, 0.15) is 0 Å². The van der Waals surface area contributed by atoms with Gasteiger partial charge in [-0.3, -0.25) is 0 Å². The smallest absolute Gasteiger partial charge is 0.0103 e. The van der Waals surface area contributed by atoms with E-state index in [9.17, 15) is 0 Å². The van der Waals surface area contributed by atoms with Crippen molar-refractivity contribution < 1.29 is 0 Å². The molecular formula is C102H84. The quantitative estimate of drug-likeness (QED) is 0.156. The summed E-state index contributed by atoms with van der Waals surface area (Å²) in [7, 11) is 0. The highest BCUT2D eigenvalue weighted by Gasteiger charge is 2.10. The Morgan fingerprint density at radius 1 is 0.127 bits per heavy atom. The first kappa shape index (κ1) is 68.1. The molecule has 0 spiro atoms. The van der Waals surface area contributed by atoms with Crippen molar-refractivity contribution in [2.45, 2.75) is 41.5 Å². The van der Waals surface area contributed by atoms with Crippen LogP contribution in [0.25, 0.3) is 131 Å². The van der Waals surface area contributed by atoms with Gasteiger partial charge >= 0.3 is 0 Å². The lowest BCUT2D eigenvalue weighted by atomic mass is 9.95. The molecule has 0 saturated carbocycles. The fourth-order valence-corrected chi connectivity index (χ4v) is 13.7. The van der Waals surface area contributed by atoms with Crippen LogP contribution in [0.2, 0.25) is 0 Å². The Morgan fingerprint density at radius 3 is 1.09 bits per heavy atom. The van der Waals surface area contributed by atoms with E-state index in [1.807, 2.05) is 0 Å². The van der Waals surface area contributed by atoms with Gasteiger partial charge in [-0.25, -0.2) is 0 Å². The molecule has 492 valence electrons. The van der Waals surface area contributed by atoms with E-state index in [1.165, 1.54) is 165 Å². The van der Waals surface area contributed by atoms with Crippen molar-refractivity contribution in [3.8, 4) is 66.8 Å². The highest BCUT2D eigenvalue weighted by atomic mass is 14.1. The van der Waals surface area contributed by atoms with Crippen molar-refractivity contribution >= 4 is 64.6 Å². The Bertz CT molecular complexity index is 5700. The third kappa shape index (κ3) is 16.5. The molecule has 0 saturated heterocycles. The van der Waals surface area contributed by atoms with E-state index >= 15 is 0 Å². The van der Waals surface area contributed by atoms with Gasteiger partial charge in [0.05, 0.1) is 0 Å². The Balaban J connectivity index is 0.000000109. The van der Waals surface area contributed by atoms with Crippen molar-refractivity contribution in [3.63, 3.8) is 0 Å². The Labute approximate surface area is 602 Å². The zero-order valence-corrected chi connectivity index (χ0v) is 59.1. The van der Waals surface area contributed by atoms with Crippen LogP contribution in [0.15, 0.2) is 400 Å². The summed E-state index contributed by atoms with van der Waals surface area (Å²) in [5, 5.41) is 15.8. The molecule has 0 heterocycles. The number of hydrogen-bond acceptors (Lipinski definition) is 0. The Kier molecular flexibility index (Phi) is 22.0. The van der Waals surface area contributed by atoms with Gasteiger partial charge in [-0.1, -0.05) is 405 Å². The number of benzene rings is 18. The summed E-state index contributed by atoms with van der Waals surface area (Å²) in [6.45, 7) is 12.9. The molecule has 102 heavy (non-hydrogen) atoms. The molecule has 18 aromatic carbocycles. The fraction of sp³-hybridized carbons (Fsp3) is 0.0588. The van der Waals surface area contributed by atoms with Gasteiger partial charge in [0.25, 0.3) is 0 Å². The van der Waals surface area contributed by atoms with Crippen LogP contribution in [0.4, 0.5) is 0 Å². The lowest BCUT2D eigenvalue weighted by molar-refractivity contribution is 1.47. The van der Waals surface area contributed by atoms with Gasteiger partial charge in [0.15, 0.2) is 0 Å². The highest BCUT2D eigenvalue weighted by molar-refractivity contribution is 6.02. The average molecular weight is 1310 g/mol. The minimum absolute atomic E-state index is 1.28. The summed E-state index contributed by atoms with van der Waals surface area (Å²) in [5.41, 5.74) is 23.5. The van der Waals surface area contributed by atoms with Crippen molar-refractivity contribution in [1.29, 1.82) is 0 Å². The van der Waals surface area contributed by atoms with Crippen LogP contribution >= 0.6 is 0 Å². The van der Waals surface area contributed by atoms with E-state index in [4.69, 9.17) is 0 Å². The second-order valence-electron chi connectivity index (χ2n) is 26.2. The van der Waals surface area contributed by atoms with Crippen molar-refractivity contribution in [3.05, 3.63) is 434 Å². The van der Waals surface area contributed by atoms with Crippen LogP contribution in [0, 0.1) is 41.5 Å². The molecule has 0 N–H and O–H groups in total. The summed E-state index contributed by atoms with van der Waals surface area (Å²) in [5.74, 6) is 0. The maximum atomic E-state index is 2.26. The molecular weight excluding hydrogens is 1230 g/mol. The van der Waals surface area contributed by atoms with Gasteiger partial charge in [-0.2, -0.15) is 0 Å². The van der Waals surface area contributed by atoms with Crippen LogP contribution < -0.4 is 0 Å². The molecule has 0 bridgehead atoms. The van der Waals surface area contributed by atoms with E-state index in [1.54, 1.807) is 0 Å². The number of hydrogen-bond donors (Lipinski definition) is 0. The summed E-state index contributed by atoms with van der Waals surface area (Å²) in [4.78, 5) is 0. The lowest BCUT2D eigenvalue weighted by Gasteiger charge is -2.09. The van der Waals surface area contributed by atoms with Crippen molar-refractivity contribution in [2.75, 3.05) is 0 Å². The van der Waals surface area contributed by atoms with Crippen LogP contribution in [0.3, 0.4) is 0 Å². The van der Waals surface area contributed by atoms with Gasteiger partial charge in [0, 0.05) is 0 Å². The molecule has 0 aliphatic carbocycles. The number of rotatable bonds is 6. The van der Waals surface area contributed by atoms with Gasteiger partial charge in [0.2, 0.25) is 0 Å². The zero-order valence-electron chi connectivity index (χ0n) is 59.1. The summed E-state index contributed by atoms with van der Waals surface area (Å²) >= 11 is 0. The van der Waals surface area contributed by atoms with Crippen molar-refractivity contribution in [2.24, 2.45) is 0 Å². The van der Waals surface area contributed by atoms with Gasteiger partial charge in [-0.15, -0.1) is 0 Å². The predicted molar refractivity (Wildman–Crippen MR) is 445 cm³/mol. The Morgan fingerprint density at radius 2 is 0.480 bits per heavy atom. The van der Waals surface area contributed by atoms with E-state index in [0.717, 1.165) is 0 Å². The molecule has 0 aromatic heterocycles. The number of aryl methyl sites for hydroxylation is 6. The molecule has 18 rings (SSSR count). The first-order chi connectivity index (χ1) is 50.1. The van der Waals surface area contributed by atoms with Crippen LogP contribution in [0.5, 0.6) is 0 Å². The third-order valence-electron chi connectivity index (χ3n) is 19.0. The zero-order chi connectivity index (χ0) is 70.0. The van der Waals surface area contributed by atoms with Crippen LogP contribution in [-0.4, -0.2) is 0 Å². The van der Waals surface area contributed by atoms with Gasteiger partial charge in [-0.05, 0) is 201 Å². The van der Waals surface area contributed by atoms with E-state index in [2.05, 4.69) is 442 Å².